The van der Waals surface area contributed by atoms with Gasteiger partial charge in [0.25, 0.3) is 0 Å². The Hall–Kier alpha value is -1.03. The van der Waals surface area contributed by atoms with Gasteiger partial charge in [-0.2, -0.15) is 0 Å². The first-order chi connectivity index (χ1) is 11.0. The van der Waals surface area contributed by atoms with Crippen LogP contribution in [0.4, 0.5) is 0 Å². The zero-order chi connectivity index (χ0) is 16.6. The fourth-order valence-corrected chi connectivity index (χ4v) is 4.31. The van der Waals surface area contributed by atoms with Crippen molar-refractivity contribution in [2.75, 3.05) is 6.54 Å². The highest BCUT2D eigenvalue weighted by Crippen LogP contribution is 2.38. The van der Waals surface area contributed by atoms with Crippen LogP contribution >= 0.6 is 22.6 Å². The van der Waals surface area contributed by atoms with Crippen LogP contribution in [0.2, 0.25) is 0 Å². The van der Waals surface area contributed by atoms with E-state index in [1.807, 2.05) is 37.3 Å². The number of para-hydroxylation sites is 1. The van der Waals surface area contributed by atoms with Crippen LogP contribution < -0.4 is 0 Å². The molecule has 1 aliphatic carbocycles. The molecular weight excluding hydrogens is 427 g/mol. The van der Waals surface area contributed by atoms with E-state index in [0.29, 0.717) is 30.6 Å². The predicted octanol–water partition coefficient (Wildman–Crippen LogP) is 3.62. The van der Waals surface area contributed by atoms with Gasteiger partial charge in [0.2, 0.25) is 0 Å². The van der Waals surface area contributed by atoms with Crippen LogP contribution in [0.3, 0.4) is 0 Å². The van der Waals surface area contributed by atoms with E-state index in [9.17, 15) is 13.6 Å². The van der Waals surface area contributed by atoms with E-state index in [4.69, 9.17) is 0 Å². The number of carbonyl (C=O) groups is 1. The van der Waals surface area contributed by atoms with Crippen LogP contribution in [0.25, 0.3) is 10.9 Å². The molecule has 122 valence electrons. The van der Waals surface area contributed by atoms with E-state index in [2.05, 4.69) is 27.6 Å². The van der Waals surface area contributed by atoms with Crippen molar-refractivity contribution in [2.24, 2.45) is 0 Å². The second kappa shape index (κ2) is 6.84. The van der Waals surface area contributed by atoms with Gasteiger partial charge in [-0.1, -0.05) is 24.3 Å². The maximum atomic E-state index is 12.4. The Balaban J connectivity index is 2.10. The average Bonchev–Trinajstić information content (AvgIpc) is 2.93. The molecule has 0 radical (unpaired) electrons. The third-order valence-corrected chi connectivity index (χ3v) is 5.88. The summed E-state index contributed by atoms with van der Waals surface area (Å²) < 4.78 is 25.9. The van der Waals surface area contributed by atoms with Gasteiger partial charge in [-0.25, -0.2) is 4.31 Å². The monoisotopic (exact) mass is 443 g/mol. The first kappa shape index (κ1) is 16.8. The molecule has 1 aromatic carbocycles. The standard InChI is InChI=1S/C16H17IN2O3S/c1-2-10(17)9-19(23(21)22)13-7-8-14(20)15-11-5-3-4-6-12(11)18-16(13)15/h2-6,13,18H,7-9H2,1H3,(H,21,22)/p-1/b10-2+/t13-/m1/s1. The SMILES string of the molecule is C/C=C(/I)CN([C@@H]1CCC(=O)c2c1[nH]c1ccccc21)S(=O)[O-]. The Kier molecular flexibility index (Phi) is 5.00. The van der Waals surface area contributed by atoms with E-state index in [1.165, 1.54) is 4.31 Å². The van der Waals surface area contributed by atoms with E-state index < -0.39 is 11.3 Å². The molecule has 1 aromatic heterocycles. The molecule has 0 aliphatic heterocycles. The maximum Gasteiger partial charge on any atom is 0.165 e. The van der Waals surface area contributed by atoms with Crippen molar-refractivity contribution in [3.63, 3.8) is 0 Å². The Morgan fingerprint density at radius 1 is 1.52 bits per heavy atom. The molecule has 1 N–H and O–H groups in total. The smallest absolute Gasteiger partial charge is 0.165 e. The van der Waals surface area contributed by atoms with Crippen molar-refractivity contribution < 1.29 is 13.6 Å². The lowest BCUT2D eigenvalue weighted by Crippen LogP contribution is -2.35. The van der Waals surface area contributed by atoms with Gasteiger partial charge in [-0.05, 0) is 42.0 Å². The molecule has 0 spiro atoms. The molecule has 0 saturated carbocycles. The molecule has 1 heterocycles. The van der Waals surface area contributed by atoms with Gasteiger partial charge in [0.05, 0.1) is 6.04 Å². The second-order valence-corrected chi connectivity index (χ2v) is 7.75. The molecule has 1 unspecified atom stereocenters. The number of H-pyrrole nitrogens is 1. The third kappa shape index (κ3) is 3.15. The van der Waals surface area contributed by atoms with E-state index in [-0.39, 0.29) is 11.8 Å². The van der Waals surface area contributed by atoms with Gasteiger partial charge in [0.1, 0.15) is 0 Å². The van der Waals surface area contributed by atoms with Crippen LogP contribution in [0, 0.1) is 0 Å². The van der Waals surface area contributed by atoms with E-state index >= 15 is 0 Å². The van der Waals surface area contributed by atoms with Gasteiger partial charge in [-0.3, -0.25) is 9.00 Å². The Labute approximate surface area is 150 Å². The topological polar surface area (TPSA) is 76.2 Å². The molecule has 0 saturated heterocycles. The number of allylic oxidation sites excluding steroid dienone is 1. The summed E-state index contributed by atoms with van der Waals surface area (Å²) in [6.07, 6.45) is 2.75. The number of Topliss-reactive ketones (excluding diaryl/α,β-unsaturated/α-hetero) is 1. The quantitative estimate of drug-likeness (QED) is 0.580. The number of aromatic nitrogens is 1. The zero-order valence-electron chi connectivity index (χ0n) is 12.5. The van der Waals surface area contributed by atoms with Crippen LogP contribution in [0.5, 0.6) is 0 Å². The number of aromatic amines is 1. The number of rotatable bonds is 4. The van der Waals surface area contributed by atoms with E-state index in [0.717, 1.165) is 14.5 Å². The zero-order valence-corrected chi connectivity index (χ0v) is 15.5. The number of nitrogens with one attached hydrogen (secondary N) is 1. The number of carbonyl (C=O) groups excluding carboxylic acids is 1. The second-order valence-electron chi connectivity index (χ2n) is 5.46. The third-order valence-electron chi connectivity index (χ3n) is 4.15. The lowest BCUT2D eigenvalue weighted by Gasteiger charge is -2.34. The summed E-state index contributed by atoms with van der Waals surface area (Å²) in [5.41, 5.74) is 2.23. The molecular formula is C16H16IN2O3S-. The lowest BCUT2D eigenvalue weighted by molar-refractivity contribution is 0.0955. The van der Waals surface area contributed by atoms with Crippen LogP contribution in [0.15, 0.2) is 33.9 Å². The highest BCUT2D eigenvalue weighted by Gasteiger charge is 2.33. The van der Waals surface area contributed by atoms with Crippen molar-refractivity contribution in [1.29, 1.82) is 0 Å². The van der Waals surface area contributed by atoms with Crippen molar-refractivity contribution in [2.45, 2.75) is 25.8 Å². The molecule has 23 heavy (non-hydrogen) atoms. The first-order valence-electron chi connectivity index (χ1n) is 7.33. The summed E-state index contributed by atoms with van der Waals surface area (Å²) >= 11 is -0.220. The van der Waals surface area contributed by atoms with Crippen molar-refractivity contribution in [1.82, 2.24) is 9.29 Å². The van der Waals surface area contributed by atoms with Crippen LogP contribution in [-0.2, 0) is 11.3 Å². The van der Waals surface area contributed by atoms with Crippen molar-refractivity contribution in [3.8, 4) is 0 Å². The van der Waals surface area contributed by atoms with Gasteiger partial charge < -0.3 is 9.54 Å². The molecule has 0 bridgehead atoms. The number of halogens is 1. The van der Waals surface area contributed by atoms with Crippen LogP contribution in [-0.4, -0.2) is 30.4 Å². The lowest BCUT2D eigenvalue weighted by atomic mass is 9.90. The minimum Gasteiger partial charge on any atom is -0.760 e. The predicted molar refractivity (Wildman–Crippen MR) is 98.0 cm³/mol. The number of hydrogen-bond donors (Lipinski definition) is 1. The Morgan fingerprint density at radius 2 is 2.26 bits per heavy atom. The highest BCUT2D eigenvalue weighted by molar-refractivity contribution is 14.1. The van der Waals surface area contributed by atoms with Gasteiger partial charge in [0, 0.05) is 50.0 Å². The normalized spacial score (nSPS) is 20.1. The molecule has 2 aromatic rings. The summed E-state index contributed by atoms with van der Waals surface area (Å²) in [5, 5.41) is 0.870. The average molecular weight is 443 g/mol. The number of fused-ring (bicyclic) bond motifs is 3. The maximum absolute atomic E-state index is 12.4. The summed E-state index contributed by atoms with van der Waals surface area (Å²) in [6.45, 7) is 2.20. The molecule has 0 amide bonds. The number of nitrogens with zero attached hydrogens (tertiary/aromatic N) is 1. The number of hydrogen-bond acceptors (Lipinski definition) is 3. The molecule has 1 aliphatic rings. The number of ketones is 1. The summed E-state index contributed by atoms with van der Waals surface area (Å²) in [6, 6.07) is 7.26. The highest BCUT2D eigenvalue weighted by atomic mass is 127. The molecule has 3 rings (SSSR count). The number of benzene rings is 1. The summed E-state index contributed by atoms with van der Waals surface area (Å²) in [5.74, 6) is 0.0751. The molecule has 0 fully saturated rings. The van der Waals surface area contributed by atoms with Crippen molar-refractivity contribution >= 4 is 50.5 Å². The minimum atomic E-state index is -2.36. The Morgan fingerprint density at radius 3 is 2.96 bits per heavy atom. The molecule has 2 atom stereocenters. The van der Waals surface area contributed by atoms with Crippen molar-refractivity contribution in [3.05, 3.63) is 45.2 Å². The van der Waals surface area contributed by atoms with Gasteiger partial charge >= 0.3 is 0 Å². The molecule has 7 heteroatoms. The van der Waals surface area contributed by atoms with Crippen LogP contribution in [0.1, 0.15) is 41.9 Å². The fourth-order valence-electron chi connectivity index (χ4n) is 3.05. The van der Waals surface area contributed by atoms with Gasteiger partial charge in [-0.15, -0.1) is 0 Å². The molecule has 5 nitrogen and oxygen atoms in total. The summed E-state index contributed by atoms with van der Waals surface area (Å²) in [7, 11) is 0. The van der Waals surface area contributed by atoms with Gasteiger partial charge in [0.15, 0.2) is 5.78 Å². The minimum absolute atomic E-state index is 0.0751. The fraction of sp³-hybridized carbons (Fsp3) is 0.312. The van der Waals surface area contributed by atoms with E-state index in [1.54, 1.807) is 0 Å². The largest absolute Gasteiger partial charge is 0.760 e. The first-order valence-corrected chi connectivity index (χ1v) is 9.44. The Bertz CT molecular complexity index is 815. The summed E-state index contributed by atoms with van der Waals surface area (Å²) in [4.78, 5) is 15.6.